The van der Waals surface area contributed by atoms with Crippen molar-refractivity contribution in [3.05, 3.63) is 53.4 Å². The smallest absolute Gasteiger partial charge is 0.354 e. The molecule has 0 aromatic carbocycles. The van der Waals surface area contributed by atoms with Gasteiger partial charge in [-0.05, 0) is 11.6 Å². The molecule has 3 rings (SSSR count). The Kier molecular flexibility index (Phi) is 7.30. The molecule has 3 aromatic rings. The topological polar surface area (TPSA) is 133 Å². The number of alkyl halides is 4. The molecule has 15 heteroatoms. The summed E-state index contributed by atoms with van der Waals surface area (Å²) in [4.78, 5) is 26.9. The van der Waals surface area contributed by atoms with Crippen LogP contribution in [0.25, 0.3) is 0 Å². The van der Waals surface area contributed by atoms with Gasteiger partial charge >= 0.3 is 6.18 Å². The molecular formula is C18H19F4N9O2. The van der Waals surface area contributed by atoms with Gasteiger partial charge in [-0.3, -0.25) is 19.3 Å². The van der Waals surface area contributed by atoms with Crippen molar-refractivity contribution in [2.75, 3.05) is 7.05 Å². The molecule has 3 heterocycles. The van der Waals surface area contributed by atoms with E-state index in [0.29, 0.717) is 5.56 Å². The van der Waals surface area contributed by atoms with E-state index in [1.807, 2.05) is 0 Å². The highest BCUT2D eigenvalue weighted by Crippen LogP contribution is 2.27. The van der Waals surface area contributed by atoms with Crippen LogP contribution in [-0.4, -0.2) is 60.0 Å². The number of hydrogen-bond acceptors (Lipinski definition) is 7. The summed E-state index contributed by atoms with van der Waals surface area (Å²) in [6.07, 6.45) is -2.16. The van der Waals surface area contributed by atoms with Gasteiger partial charge in [-0.15, -0.1) is 10.2 Å². The van der Waals surface area contributed by atoms with E-state index in [1.54, 1.807) is 0 Å². The Labute approximate surface area is 184 Å². The Balaban J connectivity index is 1.46. The lowest BCUT2D eigenvalue weighted by molar-refractivity contribution is -0.141. The minimum atomic E-state index is -4.54. The zero-order valence-electron chi connectivity index (χ0n) is 17.3. The average molecular weight is 469 g/mol. The van der Waals surface area contributed by atoms with Gasteiger partial charge < -0.3 is 10.6 Å². The fraction of sp³-hybridized carbons (Fsp3) is 0.389. The Bertz CT molecular complexity index is 1100. The Morgan fingerprint density at radius 2 is 1.73 bits per heavy atom. The summed E-state index contributed by atoms with van der Waals surface area (Å²) < 4.78 is 54.4. The lowest BCUT2D eigenvalue weighted by Gasteiger charge is -2.07. The van der Waals surface area contributed by atoms with Crippen molar-refractivity contribution in [2.45, 2.75) is 38.4 Å². The molecule has 2 amide bonds. The van der Waals surface area contributed by atoms with E-state index in [0.717, 1.165) is 16.9 Å². The quantitative estimate of drug-likeness (QED) is 0.447. The normalized spacial score (nSPS) is 12.4. The fourth-order valence-electron chi connectivity index (χ4n) is 2.67. The molecular weight excluding hydrogens is 450 g/mol. The van der Waals surface area contributed by atoms with Crippen LogP contribution in [0.15, 0.2) is 30.7 Å². The molecule has 0 fully saturated rings. The monoisotopic (exact) mass is 469 g/mol. The van der Waals surface area contributed by atoms with E-state index in [4.69, 9.17) is 0 Å². The first kappa shape index (κ1) is 23.7. The van der Waals surface area contributed by atoms with Crippen LogP contribution in [0.1, 0.15) is 38.7 Å². The van der Waals surface area contributed by atoms with Gasteiger partial charge in [-0.25, -0.2) is 9.07 Å². The highest BCUT2D eigenvalue weighted by Gasteiger charge is 2.32. The van der Waals surface area contributed by atoms with Gasteiger partial charge in [0.25, 0.3) is 11.8 Å². The third-order valence-corrected chi connectivity index (χ3v) is 4.39. The molecule has 0 radical (unpaired) electrons. The van der Waals surface area contributed by atoms with E-state index in [9.17, 15) is 27.2 Å². The minimum Gasteiger partial charge on any atom is -0.354 e. The summed E-state index contributed by atoms with van der Waals surface area (Å²) in [7, 11) is 1.46. The second-order valence-electron chi connectivity index (χ2n) is 6.89. The molecule has 33 heavy (non-hydrogen) atoms. The van der Waals surface area contributed by atoms with E-state index >= 15 is 0 Å². The molecule has 1 unspecified atom stereocenters. The van der Waals surface area contributed by atoms with Gasteiger partial charge in [0.1, 0.15) is 11.9 Å². The number of nitrogens with zero attached hydrogens (tertiary/aromatic N) is 7. The third-order valence-electron chi connectivity index (χ3n) is 4.39. The van der Waals surface area contributed by atoms with Gasteiger partial charge in [0.15, 0.2) is 11.4 Å². The number of rotatable bonds is 9. The molecule has 176 valence electrons. The van der Waals surface area contributed by atoms with Gasteiger partial charge in [-0.1, -0.05) is 16.5 Å². The average Bonchev–Trinajstić information content (AvgIpc) is 3.45. The molecule has 0 spiro atoms. The molecule has 3 aromatic heterocycles. The maximum absolute atomic E-state index is 14.3. The SMILES string of the molecule is CNC(=O)c1cn(CCC(F)Cn2cc(C(=O)NCc3ccc(C(F)(F)F)nc3)nn2)nn1. The van der Waals surface area contributed by atoms with Crippen LogP contribution >= 0.6 is 0 Å². The molecule has 1 atom stereocenters. The van der Waals surface area contributed by atoms with E-state index in [1.165, 1.54) is 30.2 Å². The van der Waals surface area contributed by atoms with Crippen LogP contribution < -0.4 is 10.6 Å². The highest BCUT2D eigenvalue weighted by atomic mass is 19.4. The zero-order chi connectivity index (χ0) is 24.0. The minimum absolute atomic E-state index is 0.0544. The van der Waals surface area contributed by atoms with Gasteiger partial charge in [0.05, 0.1) is 18.9 Å². The molecule has 0 bridgehead atoms. The van der Waals surface area contributed by atoms with Crippen LogP contribution in [0.5, 0.6) is 0 Å². The predicted octanol–water partition coefficient (Wildman–Crippen LogP) is 1.00. The van der Waals surface area contributed by atoms with E-state index < -0.39 is 29.9 Å². The molecule has 2 N–H and O–H groups in total. The second kappa shape index (κ2) is 10.1. The van der Waals surface area contributed by atoms with Crippen molar-refractivity contribution in [3.8, 4) is 0 Å². The largest absolute Gasteiger partial charge is 0.433 e. The number of pyridine rings is 1. The first-order valence-corrected chi connectivity index (χ1v) is 9.62. The number of carbonyl (C=O) groups excluding carboxylic acids is 2. The number of hydrogen-bond donors (Lipinski definition) is 2. The Morgan fingerprint density at radius 3 is 2.36 bits per heavy atom. The van der Waals surface area contributed by atoms with Crippen molar-refractivity contribution in [1.82, 2.24) is 45.6 Å². The van der Waals surface area contributed by atoms with Crippen molar-refractivity contribution in [1.29, 1.82) is 0 Å². The summed E-state index contributed by atoms with van der Waals surface area (Å²) in [6, 6.07) is 2.02. The standard InChI is InChI=1S/C18H19F4N9O2/c1-23-16(32)13-9-30(28-26-13)5-4-12(19)8-31-10-14(27-29-31)17(33)25-7-11-2-3-15(24-6-11)18(20,21)22/h2-3,6,9-10,12H,4-5,7-8H2,1H3,(H,23,32)(H,25,33). The summed E-state index contributed by atoms with van der Waals surface area (Å²) in [5.41, 5.74) is -0.627. The number of carbonyl (C=O) groups is 2. The van der Waals surface area contributed by atoms with Crippen LogP contribution in [0.4, 0.5) is 17.6 Å². The molecule has 0 saturated carbocycles. The maximum atomic E-state index is 14.3. The first-order chi connectivity index (χ1) is 15.7. The van der Waals surface area contributed by atoms with E-state index in [-0.39, 0.29) is 37.4 Å². The highest BCUT2D eigenvalue weighted by molar-refractivity contribution is 5.92. The summed E-state index contributed by atoms with van der Waals surface area (Å²) in [6.45, 7) is -0.0625. The lowest BCUT2D eigenvalue weighted by Crippen LogP contribution is -2.23. The fourth-order valence-corrected chi connectivity index (χ4v) is 2.67. The Hall–Kier alpha value is -3.91. The number of aryl methyl sites for hydroxylation is 1. The van der Waals surface area contributed by atoms with Gasteiger partial charge in [0.2, 0.25) is 0 Å². The zero-order valence-corrected chi connectivity index (χ0v) is 17.3. The molecule has 11 nitrogen and oxygen atoms in total. The van der Waals surface area contributed by atoms with Gasteiger partial charge in [-0.2, -0.15) is 13.2 Å². The maximum Gasteiger partial charge on any atom is 0.433 e. The molecule has 0 aliphatic carbocycles. The molecule has 0 aliphatic heterocycles. The number of aromatic nitrogens is 7. The van der Waals surface area contributed by atoms with E-state index in [2.05, 4.69) is 36.2 Å². The van der Waals surface area contributed by atoms with Crippen LogP contribution in [-0.2, 0) is 25.8 Å². The Morgan fingerprint density at radius 1 is 1.06 bits per heavy atom. The van der Waals surface area contributed by atoms with Gasteiger partial charge in [0, 0.05) is 32.8 Å². The number of halogens is 4. The molecule has 0 aliphatic rings. The van der Waals surface area contributed by atoms with Crippen molar-refractivity contribution >= 4 is 11.8 Å². The van der Waals surface area contributed by atoms with Crippen molar-refractivity contribution in [2.24, 2.45) is 0 Å². The third kappa shape index (κ3) is 6.54. The van der Waals surface area contributed by atoms with Crippen molar-refractivity contribution in [3.63, 3.8) is 0 Å². The molecule has 0 saturated heterocycles. The number of amides is 2. The summed E-state index contributed by atoms with van der Waals surface area (Å²) in [5, 5.41) is 19.7. The van der Waals surface area contributed by atoms with Crippen molar-refractivity contribution < 1.29 is 27.2 Å². The van der Waals surface area contributed by atoms with Crippen LogP contribution in [0.2, 0.25) is 0 Å². The summed E-state index contributed by atoms with van der Waals surface area (Å²) in [5.74, 6) is -1.03. The van der Waals surface area contributed by atoms with Crippen LogP contribution in [0.3, 0.4) is 0 Å². The van der Waals surface area contributed by atoms with Crippen LogP contribution in [0, 0.1) is 0 Å². The number of nitrogens with one attached hydrogen (secondary N) is 2. The lowest BCUT2D eigenvalue weighted by atomic mass is 10.2. The first-order valence-electron chi connectivity index (χ1n) is 9.62. The predicted molar refractivity (Wildman–Crippen MR) is 103 cm³/mol. The summed E-state index contributed by atoms with van der Waals surface area (Å²) >= 11 is 0. The second-order valence-corrected chi connectivity index (χ2v) is 6.89.